The third kappa shape index (κ3) is 7.35. The molecule has 210 valence electrons. The van der Waals surface area contributed by atoms with Gasteiger partial charge in [-0.2, -0.15) is 0 Å². The fourth-order valence-corrected chi connectivity index (χ4v) is 7.86. The van der Waals surface area contributed by atoms with Gasteiger partial charge in [0.05, 0.1) is 0 Å². The van der Waals surface area contributed by atoms with Crippen LogP contribution in [0.5, 0.6) is 0 Å². The van der Waals surface area contributed by atoms with Crippen LogP contribution < -0.4 is 0 Å². The molecule has 0 bridgehead atoms. The van der Waals surface area contributed by atoms with E-state index in [-0.39, 0.29) is 0 Å². The van der Waals surface area contributed by atoms with Crippen LogP contribution in [0.4, 0.5) is 0 Å². The summed E-state index contributed by atoms with van der Waals surface area (Å²) in [6.07, 6.45) is 18.0. The van der Waals surface area contributed by atoms with Gasteiger partial charge in [-0.25, -0.2) is 0 Å². The van der Waals surface area contributed by atoms with Gasteiger partial charge in [0.2, 0.25) is 0 Å². The molecule has 0 radical (unpaired) electrons. The lowest BCUT2D eigenvalue weighted by molar-refractivity contribution is 0.0906. The number of methoxy groups -OCH3 is 1. The standard InChI is InChI=1S/C38H52O/c1-4-6-28-9-17-33(18-10-28)35-21-23-38-26-36(22-24-37(38)25-35)34-19-13-30(14-20-34)8-7-29-11-15-32(16-12-29)31(5-2)27-39-3/h9-10,17-18,21-26,29-32,34H,4-8,11-16,19-20,27H2,1-3H3. The second-order valence-corrected chi connectivity index (χ2v) is 13.0. The van der Waals surface area contributed by atoms with Gasteiger partial charge in [-0.15, -0.1) is 0 Å². The number of benzene rings is 3. The Kier molecular flexibility index (Phi) is 10.2. The molecule has 0 N–H and O–H groups in total. The van der Waals surface area contributed by atoms with Gasteiger partial charge in [0, 0.05) is 13.7 Å². The van der Waals surface area contributed by atoms with Gasteiger partial charge in [0.25, 0.3) is 0 Å². The maximum Gasteiger partial charge on any atom is 0.0493 e. The van der Waals surface area contributed by atoms with E-state index in [1.54, 1.807) is 5.56 Å². The minimum Gasteiger partial charge on any atom is -0.384 e. The Morgan fingerprint density at radius 3 is 1.95 bits per heavy atom. The molecule has 1 nitrogen and oxygen atoms in total. The van der Waals surface area contributed by atoms with Gasteiger partial charge in [0.1, 0.15) is 0 Å². The zero-order valence-electron chi connectivity index (χ0n) is 25.0. The van der Waals surface area contributed by atoms with Crippen LogP contribution in [0.15, 0.2) is 60.7 Å². The first-order valence-corrected chi connectivity index (χ1v) is 16.3. The number of rotatable bonds is 11. The lowest BCUT2D eigenvalue weighted by atomic mass is 9.72. The van der Waals surface area contributed by atoms with Crippen molar-refractivity contribution in [2.75, 3.05) is 13.7 Å². The first-order chi connectivity index (χ1) is 19.2. The molecule has 1 atom stereocenters. The highest BCUT2D eigenvalue weighted by molar-refractivity contribution is 5.88. The molecule has 1 unspecified atom stereocenters. The Labute approximate surface area is 238 Å². The maximum absolute atomic E-state index is 5.49. The van der Waals surface area contributed by atoms with E-state index >= 15 is 0 Å². The Hall–Kier alpha value is -2.12. The summed E-state index contributed by atoms with van der Waals surface area (Å²) < 4.78 is 5.49. The number of hydrogen-bond acceptors (Lipinski definition) is 1. The third-order valence-electron chi connectivity index (χ3n) is 10.5. The van der Waals surface area contributed by atoms with Crippen molar-refractivity contribution in [2.45, 2.75) is 103 Å². The molecule has 0 amide bonds. The quantitative estimate of drug-likeness (QED) is 0.242. The van der Waals surface area contributed by atoms with Gasteiger partial charge in [-0.3, -0.25) is 0 Å². The van der Waals surface area contributed by atoms with Crippen LogP contribution >= 0.6 is 0 Å². The highest BCUT2D eigenvalue weighted by Crippen LogP contribution is 2.41. The molecule has 39 heavy (non-hydrogen) atoms. The molecule has 0 aliphatic heterocycles. The number of ether oxygens (including phenoxy) is 1. The first-order valence-electron chi connectivity index (χ1n) is 16.3. The Morgan fingerprint density at radius 2 is 1.31 bits per heavy atom. The van der Waals surface area contributed by atoms with E-state index in [0.29, 0.717) is 0 Å². The van der Waals surface area contributed by atoms with Crippen molar-refractivity contribution in [1.82, 2.24) is 0 Å². The summed E-state index contributed by atoms with van der Waals surface area (Å²) >= 11 is 0. The monoisotopic (exact) mass is 524 g/mol. The van der Waals surface area contributed by atoms with Gasteiger partial charge in [0.15, 0.2) is 0 Å². The normalized spacial score (nSPS) is 24.6. The molecule has 0 aromatic heterocycles. The highest BCUT2D eigenvalue weighted by atomic mass is 16.5. The summed E-state index contributed by atoms with van der Waals surface area (Å²) in [6.45, 7) is 5.55. The van der Waals surface area contributed by atoms with Crippen molar-refractivity contribution in [3.05, 3.63) is 71.8 Å². The average Bonchev–Trinajstić information content (AvgIpc) is 2.99. The van der Waals surface area contributed by atoms with E-state index < -0.39 is 0 Å². The second-order valence-electron chi connectivity index (χ2n) is 13.0. The van der Waals surface area contributed by atoms with E-state index in [1.165, 1.54) is 111 Å². The zero-order valence-corrected chi connectivity index (χ0v) is 25.0. The lowest BCUT2D eigenvalue weighted by Crippen LogP contribution is -2.25. The Morgan fingerprint density at radius 1 is 0.692 bits per heavy atom. The molecule has 0 heterocycles. The summed E-state index contributed by atoms with van der Waals surface area (Å²) in [5.74, 6) is 4.39. The van der Waals surface area contributed by atoms with E-state index in [0.717, 1.165) is 36.2 Å². The largest absolute Gasteiger partial charge is 0.384 e. The number of aryl methyl sites for hydroxylation is 1. The molecule has 1 heteroatoms. The summed E-state index contributed by atoms with van der Waals surface area (Å²) in [5.41, 5.74) is 5.65. The van der Waals surface area contributed by atoms with Crippen molar-refractivity contribution >= 4 is 10.8 Å². The lowest BCUT2D eigenvalue weighted by Gasteiger charge is -2.34. The third-order valence-corrected chi connectivity index (χ3v) is 10.5. The Balaban J connectivity index is 1.09. The smallest absolute Gasteiger partial charge is 0.0493 e. The van der Waals surface area contributed by atoms with Gasteiger partial charge < -0.3 is 4.74 Å². The van der Waals surface area contributed by atoms with Crippen molar-refractivity contribution in [2.24, 2.45) is 23.7 Å². The number of fused-ring (bicyclic) bond motifs is 1. The zero-order chi connectivity index (χ0) is 27.0. The fraction of sp³-hybridized carbons (Fsp3) is 0.579. The van der Waals surface area contributed by atoms with Gasteiger partial charge >= 0.3 is 0 Å². The second kappa shape index (κ2) is 14.0. The molecule has 3 aromatic rings. The predicted octanol–water partition coefficient (Wildman–Crippen LogP) is 11.0. The van der Waals surface area contributed by atoms with Crippen LogP contribution in [0, 0.1) is 23.7 Å². The highest BCUT2D eigenvalue weighted by Gasteiger charge is 2.28. The minimum atomic E-state index is 0.749. The van der Waals surface area contributed by atoms with Crippen molar-refractivity contribution in [3.63, 3.8) is 0 Å². The molecular formula is C38H52O. The molecule has 2 aliphatic rings. The molecule has 5 rings (SSSR count). The topological polar surface area (TPSA) is 9.23 Å². The van der Waals surface area contributed by atoms with Crippen molar-refractivity contribution in [3.8, 4) is 11.1 Å². The van der Waals surface area contributed by atoms with E-state index in [9.17, 15) is 0 Å². The molecule has 0 saturated heterocycles. The van der Waals surface area contributed by atoms with E-state index in [2.05, 4.69) is 74.5 Å². The number of hydrogen-bond donors (Lipinski definition) is 0. The summed E-state index contributed by atoms with van der Waals surface area (Å²) in [4.78, 5) is 0. The van der Waals surface area contributed by atoms with Crippen LogP contribution in [0.3, 0.4) is 0 Å². The molecule has 3 aromatic carbocycles. The maximum atomic E-state index is 5.49. The predicted molar refractivity (Wildman–Crippen MR) is 168 cm³/mol. The fourth-order valence-electron chi connectivity index (χ4n) is 7.86. The van der Waals surface area contributed by atoms with Crippen LogP contribution in [-0.2, 0) is 11.2 Å². The summed E-state index contributed by atoms with van der Waals surface area (Å²) in [5, 5.41) is 2.76. The SMILES string of the molecule is CCCc1ccc(-c2ccc3cc(C4CCC(CCC5CCC(C(CC)COC)CC5)CC4)ccc3c2)cc1. The molecular weight excluding hydrogens is 472 g/mol. The molecule has 2 saturated carbocycles. The van der Waals surface area contributed by atoms with Crippen molar-refractivity contribution < 1.29 is 4.74 Å². The van der Waals surface area contributed by atoms with Crippen LogP contribution in [0.1, 0.15) is 108 Å². The van der Waals surface area contributed by atoms with Crippen LogP contribution in [-0.4, -0.2) is 13.7 Å². The van der Waals surface area contributed by atoms with Gasteiger partial charge in [-0.05, 0) is 114 Å². The molecule has 0 spiro atoms. The average molecular weight is 525 g/mol. The Bertz CT molecular complexity index is 1150. The van der Waals surface area contributed by atoms with Crippen LogP contribution in [0.2, 0.25) is 0 Å². The first kappa shape index (κ1) is 28.4. The summed E-state index contributed by atoms with van der Waals surface area (Å²) in [6, 6.07) is 23.5. The molecule has 2 fully saturated rings. The molecule has 2 aliphatic carbocycles. The van der Waals surface area contributed by atoms with Gasteiger partial charge in [-0.1, -0.05) is 107 Å². The van der Waals surface area contributed by atoms with E-state index in [1.807, 2.05) is 7.11 Å². The van der Waals surface area contributed by atoms with E-state index in [4.69, 9.17) is 4.74 Å². The summed E-state index contributed by atoms with van der Waals surface area (Å²) in [7, 11) is 1.87. The van der Waals surface area contributed by atoms with Crippen LogP contribution in [0.25, 0.3) is 21.9 Å². The minimum absolute atomic E-state index is 0.749. The van der Waals surface area contributed by atoms with Crippen molar-refractivity contribution in [1.29, 1.82) is 0 Å².